The fraction of sp³-hybridized carbons (Fsp3) is 0.217. The van der Waals surface area contributed by atoms with E-state index in [-0.39, 0.29) is 11.8 Å². The molecule has 28 heavy (non-hydrogen) atoms. The summed E-state index contributed by atoms with van der Waals surface area (Å²) >= 11 is 6.49. The topological polar surface area (TPSA) is 49.4 Å². The maximum Gasteiger partial charge on any atom is 0.254 e. The lowest BCUT2D eigenvalue weighted by Gasteiger charge is -2.24. The lowest BCUT2D eigenvalue weighted by Crippen LogP contribution is -2.44. The van der Waals surface area contributed by atoms with Crippen molar-refractivity contribution in [3.05, 3.63) is 70.7 Å². The van der Waals surface area contributed by atoms with Crippen LogP contribution in [0.3, 0.4) is 0 Å². The average molecular weight is 395 g/mol. The van der Waals surface area contributed by atoms with E-state index in [9.17, 15) is 9.59 Å². The molecule has 0 saturated heterocycles. The minimum absolute atomic E-state index is 0.200. The van der Waals surface area contributed by atoms with E-state index in [4.69, 9.17) is 11.6 Å². The summed E-state index contributed by atoms with van der Waals surface area (Å²) in [7, 11) is 3.20. The van der Waals surface area contributed by atoms with Gasteiger partial charge in [-0.1, -0.05) is 54.1 Å². The van der Waals surface area contributed by atoms with E-state index in [0.29, 0.717) is 10.6 Å². The largest absolute Gasteiger partial charge is 0.357 e. The van der Waals surface area contributed by atoms with Crippen LogP contribution >= 0.6 is 11.6 Å². The highest BCUT2D eigenvalue weighted by molar-refractivity contribution is 6.34. The van der Waals surface area contributed by atoms with Crippen molar-refractivity contribution in [3.63, 3.8) is 0 Å². The van der Waals surface area contributed by atoms with E-state index < -0.39 is 6.04 Å². The highest BCUT2D eigenvalue weighted by atomic mass is 35.5. The predicted octanol–water partition coefficient (Wildman–Crippen LogP) is 4.68. The van der Waals surface area contributed by atoms with Gasteiger partial charge < -0.3 is 10.2 Å². The molecule has 4 nitrogen and oxygen atoms in total. The average Bonchev–Trinajstić information content (AvgIpc) is 2.70. The maximum absolute atomic E-state index is 13.1. The summed E-state index contributed by atoms with van der Waals surface area (Å²) < 4.78 is 0. The van der Waals surface area contributed by atoms with Gasteiger partial charge in [-0.2, -0.15) is 0 Å². The number of fused-ring (bicyclic) bond motifs is 1. The van der Waals surface area contributed by atoms with Crippen molar-refractivity contribution in [1.82, 2.24) is 10.2 Å². The van der Waals surface area contributed by atoms with Gasteiger partial charge in [0, 0.05) is 30.2 Å². The van der Waals surface area contributed by atoms with E-state index in [0.717, 1.165) is 27.5 Å². The van der Waals surface area contributed by atoms with Crippen LogP contribution < -0.4 is 5.32 Å². The Hall–Kier alpha value is -2.85. The third kappa shape index (κ3) is 3.60. The molecule has 0 spiro atoms. The summed E-state index contributed by atoms with van der Waals surface area (Å²) in [5.41, 5.74) is 3.55. The van der Waals surface area contributed by atoms with E-state index in [1.165, 1.54) is 4.90 Å². The van der Waals surface area contributed by atoms with Gasteiger partial charge in [0.1, 0.15) is 6.04 Å². The molecule has 0 saturated carbocycles. The number of nitrogens with zero attached hydrogens (tertiary/aromatic N) is 1. The Morgan fingerprint density at radius 3 is 2.36 bits per heavy atom. The van der Waals surface area contributed by atoms with E-state index in [1.54, 1.807) is 27.1 Å². The molecule has 0 aliphatic carbocycles. The number of rotatable bonds is 4. The monoisotopic (exact) mass is 394 g/mol. The first-order valence-corrected chi connectivity index (χ1v) is 9.50. The number of aryl methyl sites for hydroxylation is 1. The molecule has 2 amide bonds. The smallest absolute Gasteiger partial charge is 0.254 e. The molecule has 1 unspecified atom stereocenters. The summed E-state index contributed by atoms with van der Waals surface area (Å²) in [4.78, 5) is 26.5. The maximum atomic E-state index is 13.1. The van der Waals surface area contributed by atoms with Crippen LogP contribution in [0.1, 0.15) is 22.8 Å². The highest BCUT2D eigenvalue weighted by Gasteiger charge is 2.24. The van der Waals surface area contributed by atoms with Crippen molar-refractivity contribution >= 4 is 34.2 Å². The number of hydrogen-bond donors (Lipinski definition) is 1. The third-order valence-corrected chi connectivity index (χ3v) is 5.41. The minimum atomic E-state index is -0.567. The lowest BCUT2D eigenvalue weighted by molar-refractivity contribution is -0.124. The van der Waals surface area contributed by atoms with Crippen LogP contribution in [0, 0.1) is 6.92 Å². The molecular formula is C23H23ClN2O2. The molecule has 0 heterocycles. The number of nitrogens with one attached hydrogen (secondary N) is 1. The highest BCUT2D eigenvalue weighted by Crippen LogP contribution is 2.35. The number of hydrogen-bond acceptors (Lipinski definition) is 2. The zero-order chi connectivity index (χ0) is 20.4. The number of benzene rings is 3. The second-order valence-corrected chi connectivity index (χ2v) is 7.30. The number of amides is 2. The number of carbonyl (C=O) groups excluding carboxylic acids is 2. The molecule has 0 bridgehead atoms. The molecule has 0 aliphatic rings. The van der Waals surface area contributed by atoms with Gasteiger partial charge in [-0.3, -0.25) is 9.59 Å². The van der Waals surface area contributed by atoms with Crippen LogP contribution in [0.25, 0.3) is 21.9 Å². The number of likely N-dealkylation sites (N-methyl/N-ethyl adjacent to an activating group) is 2. The van der Waals surface area contributed by atoms with Gasteiger partial charge in [0.2, 0.25) is 5.91 Å². The van der Waals surface area contributed by atoms with Gasteiger partial charge in [0.25, 0.3) is 5.91 Å². The summed E-state index contributed by atoms with van der Waals surface area (Å²) in [5, 5.41) is 5.03. The third-order valence-electron chi connectivity index (χ3n) is 5.09. The molecule has 0 aliphatic heterocycles. The second kappa shape index (κ2) is 8.03. The normalized spacial score (nSPS) is 11.9. The summed E-state index contributed by atoms with van der Waals surface area (Å²) in [5.74, 6) is -0.405. The van der Waals surface area contributed by atoms with Crippen molar-refractivity contribution in [3.8, 4) is 11.1 Å². The Morgan fingerprint density at radius 2 is 1.68 bits per heavy atom. The number of halogens is 1. The Bertz CT molecular complexity index is 1060. The summed E-state index contributed by atoms with van der Waals surface area (Å²) in [6.07, 6.45) is 0. The molecule has 144 valence electrons. The fourth-order valence-electron chi connectivity index (χ4n) is 3.32. The van der Waals surface area contributed by atoms with Gasteiger partial charge in [0.05, 0.1) is 0 Å². The van der Waals surface area contributed by atoms with Crippen LogP contribution in [0.15, 0.2) is 54.6 Å². The van der Waals surface area contributed by atoms with Gasteiger partial charge in [-0.25, -0.2) is 0 Å². The Morgan fingerprint density at radius 1 is 1.00 bits per heavy atom. The van der Waals surface area contributed by atoms with Crippen molar-refractivity contribution in [2.75, 3.05) is 14.1 Å². The molecule has 1 atom stereocenters. The van der Waals surface area contributed by atoms with Crippen molar-refractivity contribution in [1.29, 1.82) is 0 Å². The molecule has 0 radical (unpaired) electrons. The van der Waals surface area contributed by atoms with Gasteiger partial charge >= 0.3 is 0 Å². The van der Waals surface area contributed by atoms with Gasteiger partial charge in [-0.15, -0.1) is 0 Å². The van der Waals surface area contributed by atoms with Crippen LogP contribution in [0.4, 0.5) is 0 Å². The summed E-state index contributed by atoms with van der Waals surface area (Å²) in [6, 6.07) is 16.9. The molecule has 3 rings (SSSR count). The number of carbonyl (C=O) groups is 2. The second-order valence-electron chi connectivity index (χ2n) is 6.90. The van der Waals surface area contributed by atoms with Crippen molar-refractivity contribution < 1.29 is 9.59 Å². The summed E-state index contributed by atoms with van der Waals surface area (Å²) in [6.45, 7) is 3.71. The molecule has 0 aromatic heterocycles. The first-order valence-electron chi connectivity index (χ1n) is 9.12. The Labute approximate surface area is 170 Å². The first-order chi connectivity index (χ1) is 13.3. The standard InChI is InChI=1S/C23H23ClN2O2/c1-14-11-12-19(21(24)13-14)17-8-5-9-18-16(17)7-6-10-20(18)23(28)26(4)15(2)22(27)25-3/h5-13,15H,1-4H3,(H,25,27). The Kier molecular flexibility index (Phi) is 5.71. The predicted molar refractivity (Wildman–Crippen MR) is 115 cm³/mol. The quantitative estimate of drug-likeness (QED) is 0.698. The van der Waals surface area contributed by atoms with E-state index in [1.807, 2.05) is 55.5 Å². The Balaban J connectivity index is 2.12. The fourth-order valence-corrected chi connectivity index (χ4v) is 3.66. The van der Waals surface area contributed by atoms with Crippen LogP contribution in [-0.4, -0.2) is 36.9 Å². The zero-order valence-electron chi connectivity index (χ0n) is 16.4. The molecule has 3 aromatic carbocycles. The first kappa shape index (κ1) is 19.9. The SMILES string of the molecule is CNC(=O)C(C)N(C)C(=O)c1cccc2c(-c3ccc(C)cc3Cl)cccc12. The van der Waals surface area contributed by atoms with Crippen LogP contribution in [0.2, 0.25) is 5.02 Å². The van der Waals surface area contributed by atoms with Crippen LogP contribution in [0.5, 0.6) is 0 Å². The lowest BCUT2D eigenvalue weighted by atomic mass is 9.94. The molecular weight excluding hydrogens is 372 g/mol. The van der Waals surface area contributed by atoms with Crippen molar-refractivity contribution in [2.45, 2.75) is 19.9 Å². The molecule has 5 heteroatoms. The van der Waals surface area contributed by atoms with Gasteiger partial charge in [0.15, 0.2) is 0 Å². The van der Waals surface area contributed by atoms with Gasteiger partial charge in [-0.05, 0) is 47.9 Å². The van der Waals surface area contributed by atoms with E-state index in [2.05, 4.69) is 5.32 Å². The van der Waals surface area contributed by atoms with E-state index >= 15 is 0 Å². The van der Waals surface area contributed by atoms with Crippen molar-refractivity contribution in [2.24, 2.45) is 0 Å². The molecule has 1 N–H and O–H groups in total. The van der Waals surface area contributed by atoms with Crippen LogP contribution in [-0.2, 0) is 4.79 Å². The zero-order valence-corrected chi connectivity index (χ0v) is 17.2. The molecule has 0 fully saturated rings. The minimum Gasteiger partial charge on any atom is -0.357 e. The molecule has 3 aromatic rings.